The molecule has 0 saturated carbocycles. The minimum atomic E-state index is -1.98. The third kappa shape index (κ3) is 40.3. The molecule has 0 spiro atoms. The lowest BCUT2D eigenvalue weighted by Crippen LogP contribution is -2.66. The van der Waals surface area contributed by atoms with Crippen LogP contribution in [0.1, 0.15) is 328 Å². The zero-order chi connectivity index (χ0) is 71.1. The number of hydrogen-bond donors (Lipinski definition) is 12. The summed E-state index contributed by atoms with van der Waals surface area (Å²) >= 11 is 0. The van der Waals surface area contributed by atoms with Gasteiger partial charge in [-0.1, -0.05) is 314 Å². The van der Waals surface area contributed by atoms with Crippen LogP contribution < -0.4 is 5.32 Å². The fourth-order valence-electron chi connectivity index (χ4n) is 13.7. The Hall–Kier alpha value is -1.99. The van der Waals surface area contributed by atoms with Gasteiger partial charge < -0.3 is 89.9 Å². The monoisotopic (exact) mass is 1400 g/mol. The molecule has 0 radical (unpaired) electrons. The predicted octanol–water partition coefficient (Wildman–Crippen LogP) is 13.1. The summed E-state index contributed by atoms with van der Waals surface area (Å²) in [4.78, 5) is 13.5. The Morgan fingerprint density at radius 2 is 0.653 bits per heavy atom. The Labute approximate surface area is 593 Å². The molecule has 0 aliphatic carbocycles. The zero-order valence-corrected chi connectivity index (χ0v) is 61.5. The molecule has 12 N–H and O–H groups in total. The van der Waals surface area contributed by atoms with Gasteiger partial charge in [0.05, 0.1) is 38.6 Å². The van der Waals surface area contributed by atoms with E-state index in [9.17, 15) is 61.0 Å². The van der Waals surface area contributed by atoms with Crippen LogP contribution in [0, 0.1) is 0 Å². The molecule has 19 heteroatoms. The number of aliphatic hydroxyl groups excluding tert-OH is 11. The van der Waals surface area contributed by atoms with Crippen molar-refractivity contribution in [1.82, 2.24) is 5.32 Å². The quantitative estimate of drug-likeness (QED) is 0.0199. The molecule has 19 nitrogen and oxygen atoms in total. The Morgan fingerprint density at radius 1 is 0.357 bits per heavy atom. The summed E-state index contributed by atoms with van der Waals surface area (Å²) in [6.45, 7) is 1.76. The first kappa shape index (κ1) is 90.2. The maximum absolute atomic E-state index is 13.5. The summed E-state index contributed by atoms with van der Waals surface area (Å²) in [5, 5.41) is 121. The highest BCUT2D eigenvalue weighted by atomic mass is 16.8. The van der Waals surface area contributed by atoms with E-state index >= 15 is 0 Å². The maximum atomic E-state index is 13.5. The Kier molecular flexibility index (Phi) is 55.5. The smallest absolute Gasteiger partial charge is 0.220 e. The second-order valence-electron chi connectivity index (χ2n) is 28.9. The number of rotatable bonds is 64. The average molecular weight is 1400 g/mol. The van der Waals surface area contributed by atoms with E-state index in [0.717, 1.165) is 44.9 Å². The largest absolute Gasteiger partial charge is 0.394 e. The van der Waals surface area contributed by atoms with Gasteiger partial charge in [0, 0.05) is 6.42 Å². The van der Waals surface area contributed by atoms with Crippen LogP contribution in [0.3, 0.4) is 0 Å². The second-order valence-corrected chi connectivity index (χ2v) is 28.9. The Bertz CT molecular complexity index is 1910. The van der Waals surface area contributed by atoms with Crippen LogP contribution in [0.2, 0.25) is 0 Å². The number of nitrogens with one attached hydrogen (secondary N) is 1. The van der Waals surface area contributed by atoms with E-state index in [0.29, 0.717) is 12.8 Å². The third-order valence-electron chi connectivity index (χ3n) is 20.2. The minimum absolute atomic E-state index is 0.236. The molecular formula is C79H147NO18. The molecule has 1 amide bonds. The van der Waals surface area contributed by atoms with E-state index in [1.165, 1.54) is 250 Å². The molecular weight excluding hydrogens is 1250 g/mol. The average Bonchev–Trinajstić information content (AvgIpc) is 0.784. The first-order valence-corrected chi connectivity index (χ1v) is 40.2. The molecule has 3 aliphatic rings. The standard InChI is InChI=1S/C79H147NO18/c1-3-5-7-9-11-13-15-17-19-21-23-25-27-29-30-31-32-33-34-36-38-40-42-44-46-48-50-52-54-56-63(84)62(80-67(85)57-55-53-51-49-47-45-43-41-39-37-35-28-26-24-22-20-18-16-14-12-10-8-6-4-2)61-93-77-73(91)70(88)75(65(59-82)95-77)98-79-74(92)71(89)76(66(60-83)96-79)97-78-72(90)69(87)68(86)64(58-81)94-78/h38,40,46,48,54,56,62-66,68-79,81-84,86-92H,3-37,39,41-45,47,49-53,55,57-61H2,1-2H3,(H,80,85)/b40-38+,48-46+,56-54+. The first-order chi connectivity index (χ1) is 47.8. The fraction of sp³-hybridized carbons (Fsp3) is 0.911. The van der Waals surface area contributed by atoms with E-state index < -0.39 is 124 Å². The van der Waals surface area contributed by atoms with Crippen molar-refractivity contribution in [1.29, 1.82) is 0 Å². The molecule has 0 bridgehead atoms. The van der Waals surface area contributed by atoms with E-state index in [-0.39, 0.29) is 18.9 Å². The number of unbranched alkanes of at least 4 members (excludes halogenated alkanes) is 44. The maximum Gasteiger partial charge on any atom is 0.220 e. The van der Waals surface area contributed by atoms with Gasteiger partial charge >= 0.3 is 0 Å². The Morgan fingerprint density at radius 3 is 1.02 bits per heavy atom. The van der Waals surface area contributed by atoms with Crippen LogP contribution in [0.4, 0.5) is 0 Å². The molecule has 3 rings (SSSR count). The van der Waals surface area contributed by atoms with Crippen molar-refractivity contribution in [2.45, 2.75) is 433 Å². The molecule has 0 aromatic heterocycles. The summed E-state index contributed by atoms with van der Waals surface area (Å²) in [5.74, 6) is -0.283. The molecule has 576 valence electrons. The predicted molar refractivity (Wildman–Crippen MR) is 388 cm³/mol. The lowest BCUT2D eigenvalue weighted by Gasteiger charge is -2.48. The third-order valence-corrected chi connectivity index (χ3v) is 20.2. The number of carbonyl (C=O) groups is 1. The van der Waals surface area contributed by atoms with Gasteiger partial charge in [0.15, 0.2) is 18.9 Å². The molecule has 17 unspecified atom stereocenters. The molecule has 3 saturated heterocycles. The summed E-state index contributed by atoms with van der Waals surface area (Å²) in [6.07, 6.45) is 47.1. The second kappa shape index (κ2) is 60.3. The van der Waals surface area contributed by atoms with Gasteiger partial charge in [-0.25, -0.2) is 0 Å². The number of hydrogen-bond acceptors (Lipinski definition) is 18. The molecule has 17 atom stereocenters. The highest BCUT2D eigenvalue weighted by Gasteiger charge is 2.54. The highest BCUT2D eigenvalue weighted by molar-refractivity contribution is 5.76. The number of carbonyl (C=O) groups excluding carboxylic acids is 1. The topological polar surface area (TPSA) is 307 Å². The lowest BCUT2D eigenvalue weighted by atomic mass is 9.96. The van der Waals surface area contributed by atoms with Gasteiger partial charge in [0.25, 0.3) is 0 Å². The van der Waals surface area contributed by atoms with Crippen molar-refractivity contribution in [3.05, 3.63) is 36.5 Å². The van der Waals surface area contributed by atoms with Gasteiger partial charge in [0.2, 0.25) is 5.91 Å². The molecule has 3 fully saturated rings. The van der Waals surface area contributed by atoms with Gasteiger partial charge in [0.1, 0.15) is 73.2 Å². The lowest BCUT2D eigenvalue weighted by molar-refractivity contribution is -0.379. The van der Waals surface area contributed by atoms with Crippen molar-refractivity contribution in [2.24, 2.45) is 0 Å². The number of ether oxygens (including phenoxy) is 6. The molecule has 3 aliphatic heterocycles. The van der Waals surface area contributed by atoms with Crippen LogP contribution in [0.5, 0.6) is 0 Å². The number of allylic oxidation sites excluding steroid dienone is 5. The molecule has 3 heterocycles. The summed E-state index contributed by atoms with van der Waals surface area (Å²) in [5.41, 5.74) is 0. The van der Waals surface area contributed by atoms with Crippen molar-refractivity contribution < 1.29 is 89.4 Å². The van der Waals surface area contributed by atoms with E-state index in [2.05, 4.69) is 43.5 Å². The van der Waals surface area contributed by atoms with Gasteiger partial charge in [-0.05, 0) is 44.9 Å². The van der Waals surface area contributed by atoms with Crippen LogP contribution >= 0.6 is 0 Å². The van der Waals surface area contributed by atoms with Crippen molar-refractivity contribution in [2.75, 3.05) is 26.4 Å². The van der Waals surface area contributed by atoms with Gasteiger partial charge in [-0.15, -0.1) is 0 Å². The van der Waals surface area contributed by atoms with E-state index in [1.807, 2.05) is 6.08 Å². The molecule has 0 aromatic rings. The van der Waals surface area contributed by atoms with Crippen molar-refractivity contribution >= 4 is 5.91 Å². The van der Waals surface area contributed by atoms with Crippen LogP contribution in [-0.4, -0.2) is 193 Å². The van der Waals surface area contributed by atoms with Crippen LogP contribution in [-0.2, 0) is 33.2 Å². The fourth-order valence-corrected chi connectivity index (χ4v) is 13.7. The van der Waals surface area contributed by atoms with Crippen LogP contribution in [0.15, 0.2) is 36.5 Å². The normalized spacial score (nSPS) is 26.9. The minimum Gasteiger partial charge on any atom is -0.394 e. The molecule has 98 heavy (non-hydrogen) atoms. The SMILES string of the molecule is CCCCCCCCCCCCCCCCCCCCC/C=C/CC/C=C/CC/C=C/C(O)C(COC1OC(CO)C(OC2OC(CO)C(OC3OC(CO)C(O)C(O)C3O)C(O)C2O)C(O)C1O)NC(=O)CCCCCCCCCCCCCCCCCCCCCCCCCC. The summed E-state index contributed by atoms with van der Waals surface area (Å²) in [7, 11) is 0. The summed E-state index contributed by atoms with van der Waals surface area (Å²) in [6, 6.07) is -0.996. The zero-order valence-electron chi connectivity index (χ0n) is 61.5. The Balaban J connectivity index is 1.40. The van der Waals surface area contributed by atoms with E-state index in [1.54, 1.807) is 6.08 Å². The number of aliphatic hydroxyl groups is 11. The van der Waals surface area contributed by atoms with Gasteiger partial charge in [-0.2, -0.15) is 0 Å². The first-order valence-electron chi connectivity index (χ1n) is 40.2. The molecule has 0 aromatic carbocycles. The number of amides is 1. The summed E-state index contributed by atoms with van der Waals surface area (Å²) < 4.78 is 34.4. The highest BCUT2D eigenvalue weighted by Crippen LogP contribution is 2.33. The van der Waals surface area contributed by atoms with Crippen LogP contribution in [0.25, 0.3) is 0 Å². The van der Waals surface area contributed by atoms with Gasteiger partial charge in [-0.3, -0.25) is 4.79 Å². The van der Waals surface area contributed by atoms with Crippen molar-refractivity contribution in [3.63, 3.8) is 0 Å². The van der Waals surface area contributed by atoms with E-state index in [4.69, 9.17) is 28.4 Å². The van der Waals surface area contributed by atoms with Crippen molar-refractivity contribution in [3.8, 4) is 0 Å².